The average Bonchev–Trinajstić information content (AvgIpc) is 2.87. The quantitative estimate of drug-likeness (QED) is 0.537. The number of H-pyrrole nitrogens is 2. The first-order chi connectivity index (χ1) is 11.0. The standard InChI is InChI=1S/C15H11ClN4O2S/c16-9-3-1-8(2-4-9)13(21)20-15(23)17-10-5-6-11-12(7-10)19-14(22)18-11/h1-7H,(H2,18,19,22)(H2,17,20,21,23). The van der Waals surface area contributed by atoms with Crippen LogP contribution in [0.5, 0.6) is 0 Å². The number of fused-ring (bicyclic) bond motifs is 1. The molecule has 0 spiro atoms. The fourth-order valence-corrected chi connectivity index (χ4v) is 2.39. The lowest BCUT2D eigenvalue weighted by molar-refractivity contribution is 0.0978. The van der Waals surface area contributed by atoms with E-state index in [-0.39, 0.29) is 16.7 Å². The number of nitrogens with one attached hydrogen (secondary N) is 4. The third kappa shape index (κ3) is 3.58. The van der Waals surface area contributed by atoms with Crippen LogP contribution in [0.1, 0.15) is 10.4 Å². The van der Waals surface area contributed by atoms with E-state index in [0.717, 1.165) is 0 Å². The maximum Gasteiger partial charge on any atom is 0.323 e. The molecule has 0 atom stereocenters. The molecule has 0 fully saturated rings. The van der Waals surface area contributed by atoms with Crippen molar-refractivity contribution in [1.29, 1.82) is 0 Å². The van der Waals surface area contributed by atoms with Crippen molar-refractivity contribution in [2.75, 3.05) is 5.32 Å². The average molecular weight is 347 g/mol. The first-order valence-electron chi connectivity index (χ1n) is 6.61. The summed E-state index contributed by atoms with van der Waals surface area (Å²) in [5.41, 5.74) is 2.15. The highest BCUT2D eigenvalue weighted by Gasteiger charge is 2.08. The molecule has 0 aliphatic carbocycles. The van der Waals surface area contributed by atoms with E-state index in [1.165, 1.54) is 0 Å². The number of hydrogen-bond acceptors (Lipinski definition) is 3. The molecule has 1 amide bonds. The Bertz CT molecular complexity index is 946. The molecule has 0 saturated carbocycles. The molecule has 3 aromatic rings. The summed E-state index contributed by atoms with van der Waals surface area (Å²) in [5.74, 6) is -0.338. The van der Waals surface area contributed by atoms with Gasteiger partial charge in [-0.25, -0.2) is 4.79 Å². The second kappa shape index (κ2) is 6.23. The Labute approximate surface area is 140 Å². The van der Waals surface area contributed by atoms with E-state index < -0.39 is 0 Å². The lowest BCUT2D eigenvalue weighted by atomic mass is 10.2. The van der Waals surface area contributed by atoms with Crippen molar-refractivity contribution in [2.45, 2.75) is 0 Å². The Hall–Kier alpha value is -2.64. The fourth-order valence-electron chi connectivity index (χ4n) is 2.05. The molecule has 0 aliphatic rings. The van der Waals surface area contributed by atoms with Gasteiger partial charge in [0.2, 0.25) is 0 Å². The van der Waals surface area contributed by atoms with Crippen LogP contribution in [0.3, 0.4) is 0 Å². The normalized spacial score (nSPS) is 10.5. The highest BCUT2D eigenvalue weighted by molar-refractivity contribution is 7.80. The van der Waals surface area contributed by atoms with Crippen LogP contribution in [-0.4, -0.2) is 21.0 Å². The van der Waals surface area contributed by atoms with Crippen molar-refractivity contribution in [1.82, 2.24) is 15.3 Å². The van der Waals surface area contributed by atoms with Gasteiger partial charge in [0.15, 0.2) is 5.11 Å². The van der Waals surface area contributed by atoms with E-state index in [1.807, 2.05) is 0 Å². The fraction of sp³-hybridized carbons (Fsp3) is 0. The van der Waals surface area contributed by atoms with Crippen LogP contribution in [0, 0.1) is 0 Å². The van der Waals surface area contributed by atoms with E-state index in [9.17, 15) is 9.59 Å². The Balaban J connectivity index is 1.69. The predicted octanol–water partition coefficient (Wildman–Crippen LogP) is 2.64. The Morgan fingerprint density at radius 3 is 2.48 bits per heavy atom. The molecule has 0 bridgehead atoms. The third-order valence-corrected chi connectivity index (χ3v) is 3.56. The molecule has 0 radical (unpaired) electrons. The van der Waals surface area contributed by atoms with Crippen LogP contribution in [0.15, 0.2) is 47.3 Å². The molecule has 116 valence electrons. The zero-order chi connectivity index (χ0) is 16.4. The minimum absolute atomic E-state index is 0.155. The van der Waals surface area contributed by atoms with Crippen LogP contribution in [0.2, 0.25) is 5.02 Å². The number of amides is 1. The lowest BCUT2D eigenvalue weighted by Crippen LogP contribution is -2.34. The highest BCUT2D eigenvalue weighted by atomic mass is 35.5. The molecular weight excluding hydrogens is 336 g/mol. The Morgan fingerprint density at radius 2 is 1.74 bits per heavy atom. The van der Waals surface area contributed by atoms with E-state index in [2.05, 4.69) is 20.6 Å². The molecule has 0 saturated heterocycles. The van der Waals surface area contributed by atoms with E-state index in [4.69, 9.17) is 23.8 Å². The summed E-state index contributed by atoms with van der Waals surface area (Å²) in [5, 5.41) is 6.18. The van der Waals surface area contributed by atoms with Crippen LogP contribution in [0.25, 0.3) is 11.0 Å². The maximum absolute atomic E-state index is 12.0. The number of carbonyl (C=O) groups excluding carboxylic acids is 1. The van der Waals surface area contributed by atoms with Crippen LogP contribution in [-0.2, 0) is 0 Å². The molecule has 4 N–H and O–H groups in total. The molecule has 3 rings (SSSR count). The van der Waals surface area contributed by atoms with Gasteiger partial charge in [-0.2, -0.15) is 0 Å². The number of anilines is 1. The Morgan fingerprint density at radius 1 is 1.04 bits per heavy atom. The van der Waals surface area contributed by atoms with Gasteiger partial charge >= 0.3 is 5.69 Å². The summed E-state index contributed by atoms with van der Waals surface area (Å²) in [4.78, 5) is 28.6. The van der Waals surface area contributed by atoms with Crippen LogP contribution >= 0.6 is 23.8 Å². The van der Waals surface area contributed by atoms with Crippen molar-refractivity contribution < 1.29 is 4.79 Å². The van der Waals surface area contributed by atoms with Crippen molar-refractivity contribution in [2.24, 2.45) is 0 Å². The number of carbonyl (C=O) groups is 1. The minimum Gasteiger partial charge on any atom is -0.332 e. The Kier molecular flexibility index (Phi) is 4.14. The molecule has 2 aromatic carbocycles. The van der Waals surface area contributed by atoms with Crippen molar-refractivity contribution in [3.05, 3.63) is 63.5 Å². The second-order valence-corrected chi connectivity index (χ2v) is 5.60. The summed E-state index contributed by atoms with van der Waals surface area (Å²) in [6.45, 7) is 0. The van der Waals surface area contributed by atoms with Gasteiger partial charge in [-0.3, -0.25) is 10.1 Å². The zero-order valence-corrected chi connectivity index (χ0v) is 13.2. The van der Waals surface area contributed by atoms with Crippen molar-refractivity contribution >= 4 is 51.6 Å². The summed E-state index contributed by atoms with van der Waals surface area (Å²) >= 11 is 10.9. The van der Waals surface area contributed by atoms with Gasteiger partial charge in [-0.05, 0) is 54.7 Å². The van der Waals surface area contributed by atoms with Gasteiger partial charge in [-0.1, -0.05) is 11.6 Å². The zero-order valence-electron chi connectivity index (χ0n) is 11.6. The molecule has 6 nitrogen and oxygen atoms in total. The number of rotatable bonds is 2. The first kappa shape index (κ1) is 15.3. The molecular formula is C15H11ClN4O2S. The molecule has 0 unspecified atom stereocenters. The van der Waals surface area contributed by atoms with Crippen LogP contribution in [0.4, 0.5) is 5.69 Å². The molecule has 1 aromatic heterocycles. The minimum atomic E-state index is -0.338. The summed E-state index contributed by atoms with van der Waals surface area (Å²) < 4.78 is 0. The van der Waals surface area contributed by atoms with E-state index in [1.54, 1.807) is 42.5 Å². The molecule has 0 aliphatic heterocycles. The van der Waals surface area contributed by atoms with Gasteiger partial charge in [-0.15, -0.1) is 0 Å². The first-order valence-corrected chi connectivity index (χ1v) is 7.40. The maximum atomic E-state index is 12.0. The topological polar surface area (TPSA) is 89.8 Å². The SMILES string of the molecule is O=C(NC(=S)Nc1ccc2[nH]c(=O)[nH]c2c1)c1ccc(Cl)cc1. The predicted molar refractivity (Wildman–Crippen MR) is 94.1 cm³/mol. The monoisotopic (exact) mass is 346 g/mol. The van der Waals surface area contributed by atoms with Gasteiger partial charge < -0.3 is 15.3 Å². The van der Waals surface area contributed by atoms with Gasteiger partial charge in [0.05, 0.1) is 11.0 Å². The molecule has 23 heavy (non-hydrogen) atoms. The van der Waals surface area contributed by atoms with Crippen molar-refractivity contribution in [3.8, 4) is 0 Å². The highest BCUT2D eigenvalue weighted by Crippen LogP contribution is 2.14. The van der Waals surface area contributed by atoms with Crippen LogP contribution < -0.4 is 16.3 Å². The van der Waals surface area contributed by atoms with Gasteiger partial charge in [0.25, 0.3) is 5.91 Å². The largest absolute Gasteiger partial charge is 0.332 e. The number of hydrogen-bond donors (Lipinski definition) is 4. The van der Waals surface area contributed by atoms with Gasteiger partial charge in [0.1, 0.15) is 0 Å². The number of aromatic amines is 2. The summed E-state index contributed by atoms with van der Waals surface area (Å²) in [6.07, 6.45) is 0. The smallest absolute Gasteiger partial charge is 0.323 e. The lowest BCUT2D eigenvalue weighted by Gasteiger charge is -2.09. The molecule has 8 heteroatoms. The number of aromatic nitrogens is 2. The number of thiocarbonyl (C=S) groups is 1. The number of halogens is 1. The third-order valence-electron chi connectivity index (χ3n) is 3.11. The van der Waals surface area contributed by atoms with E-state index >= 15 is 0 Å². The molecule has 1 heterocycles. The van der Waals surface area contributed by atoms with E-state index in [0.29, 0.717) is 27.3 Å². The summed E-state index contributed by atoms with van der Waals surface area (Å²) in [7, 11) is 0. The van der Waals surface area contributed by atoms with Crippen molar-refractivity contribution in [3.63, 3.8) is 0 Å². The van der Waals surface area contributed by atoms with Gasteiger partial charge in [0, 0.05) is 16.3 Å². The summed E-state index contributed by atoms with van der Waals surface area (Å²) in [6, 6.07) is 11.7. The number of benzene rings is 2. The second-order valence-electron chi connectivity index (χ2n) is 4.75. The number of imidazole rings is 1.